The molecule has 0 spiro atoms. The molecule has 92 valence electrons. The van der Waals surface area contributed by atoms with Crippen molar-refractivity contribution in [2.45, 2.75) is 25.2 Å². The van der Waals surface area contributed by atoms with Crippen molar-refractivity contribution in [1.82, 2.24) is 4.90 Å². The SMILES string of the molecule is CCN1CCC(C(=O)O)(c2ccccc2)CC1. The van der Waals surface area contributed by atoms with Gasteiger partial charge in [0.2, 0.25) is 0 Å². The summed E-state index contributed by atoms with van der Waals surface area (Å²) in [5.41, 5.74) is 0.274. The molecule has 1 saturated heterocycles. The maximum absolute atomic E-state index is 11.7. The first-order valence-corrected chi connectivity index (χ1v) is 6.20. The molecule has 1 heterocycles. The van der Waals surface area contributed by atoms with Crippen LogP contribution in [-0.4, -0.2) is 35.6 Å². The van der Waals surface area contributed by atoms with Gasteiger partial charge in [-0.15, -0.1) is 0 Å². The summed E-state index contributed by atoms with van der Waals surface area (Å²) >= 11 is 0. The first-order chi connectivity index (χ1) is 8.19. The van der Waals surface area contributed by atoms with Crippen molar-refractivity contribution < 1.29 is 9.90 Å². The molecule has 1 aromatic carbocycles. The molecule has 0 unspecified atom stereocenters. The van der Waals surface area contributed by atoms with E-state index in [0.717, 1.165) is 25.2 Å². The summed E-state index contributed by atoms with van der Waals surface area (Å²) in [6.45, 7) is 4.87. The summed E-state index contributed by atoms with van der Waals surface area (Å²) in [7, 11) is 0. The van der Waals surface area contributed by atoms with Gasteiger partial charge >= 0.3 is 5.97 Å². The van der Waals surface area contributed by atoms with E-state index in [0.29, 0.717) is 12.8 Å². The second kappa shape index (κ2) is 4.88. The van der Waals surface area contributed by atoms with Crippen LogP contribution in [0.2, 0.25) is 0 Å². The predicted octanol–water partition coefficient (Wildman–Crippen LogP) is 2.12. The molecule has 3 heteroatoms. The Balaban J connectivity index is 2.27. The van der Waals surface area contributed by atoms with Crippen molar-refractivity contribution in [1.29, 1.82) is 0 Å². The zero-order valence-corrected chi connectivity index (χ0v) is 10.2. The monoisotopic (exact) mass is 233 g/mol. The Morgan fingerprint density at radius 2 is 1.88 bits per heavy atom. The van der Waals surface area contributed by atoms with E-state index >= 15 is 0 Å². The van der Waals surface area contributed by atoms with Crippen molar-refractivity contribution in [3.05, 3.63) is 35.9 Å². The summed E-state index contributed by atoms with van der Waals surface area (Å²) in [6, 6.07) is 9.66. The first-order valence-electron chi connectivity index (χ1n) is 6.20. The number of rotatable bonds is 3. The highest BCUT2D eigenvalue weighted by molar-refractivity contribution is 5.81. The molecule has 1 aliphatic rings. The van der Waals surface area contributed by atoms with E-state index in [1.807, 2.05) is 30.3 Å². The van der Waals surface area contributed by atoms with Crippen LogP contribution in [0.1, 0.15) is 25.3 Å². The molecule has 3 nitrogen and oxygen atoms in total. The molecule has 0 saturated carbocycles. The van der Waals surface area contributed by atoms with Crippen LogP contribution in [0.5, 0.6) is 0 Å². The van der Waals surface area contributed by atoms with Crippen molar-refractivity contribution in [2.24, 2.45) is 0 Å². The van der Waals surface area contributed by atoms with Crippen LogP contribution in [0.25, 0.3) is 0 Å². The second-order valence-corrected chi connectivity index (χ2v) is 4.69. The summed E-state index contributed by atoms with van der Waals surface area (Å²) < 4.78 is 0. The summed E-state index contributed by atoms with van der Waals surface area (Å²) in [5.74, 6) is -0.681. The van der Waals surface area contributed by atoms with E-state index in [1.54, 1.807) is 0 Å². The topological polar surface area (TPSA) is 40.5 Å². The number of nitrogens with zero attached hydrogens (tertiary/aromatic N) is 1. The number of likely N-dealkylation sites (tertiary alicyclic amines) is 1. The molecule has 0 radical (unpaired) electrons. The summed E-state index contributed by atoms with van der Waals surface area (Å²) in [4.78, 5) is 14.0. The average molecular weight is 233 g/mol. The maximum atomic E-state index is 11.7. The third-order valence-corrected chi connectivity index (χ3v) is 3.89. The van der Waals surface area contributed by atoms with Crippen LogP contribution in [-0.2, 0) is 10.2 Å². The molecule has 0 atom stereocenters. The van der Waals surface area contributed by atoms with Gasteiger partial charge in [0.25, 0.3) is 0 Å². The number of hydrogen-bond acceptors (Lipinski definition) is 2. The van der Waals surface area contributed by atoms with Crippen LogP contribution >= 0.6 is 0 Å². The third kappa shape index (κ3) is 2.20. The predicted molar refractivity (Wildman–Crippen MR) is 67.1 cm³/mol. The Morgan fingerprint density at radius 1 is 1.29 bits per heavy atom. The van der Waals surface area contributed by atoms with Gasteiger partial charge < -0.3 is 10.0 Å². The van der Waals surface area contributed by atoms with Gasteiger partial charge in [-0.3, -0.25) is 4.79 Å². The van der Waals surface area contributed by atoms with Crippen molar-refractivity contribution >= 4 is 5.97 Å². The fourth-order valence-electron chi connectivity index (χ4n) is 2.63. The van der Waals surface area contributed by atoms with Gasteiger partial charge in [0.05, 0.1) is 5.41 Å². The largest absolute Gasteiger partial charge is 0.481 e. The number of carboxylic acid groups (broad SMARTS) is 1. The third-order valence-electron chi connectivity index (χ3n) is 3.89. The molecule has 17 heavy (non-hydrogen) atoms. The highest BCUT2D eigenvalue weighted by atomic mass is 16.4. The Bertz CT molecular complexity index is 380. The van der Waals surface area contributed by atoms with Gasteiger partial charge in [-0.05, 0) is 38.0 Å². The van der Waals surface area contributed by atoms with E-state index in [2.05, 4.69) is 11.8 Å². The van der Waals surface area contributed by atoms with E-state index < -0.39 is 11.4 Å². The molecule has 0 bridgehead atoms. The fraction of sp³-hybridized carbons (Fsp3) is 0.500. The number of hydrogen-bond donors (Lipinski definition) is 1. The number of aliphatic carboxylic acids is 1. The average Bonchev–Trinajstić information content (AvgIpc) is 2.39. The van der Waals surface area contributed by atoms with Gasteiger partial charge in [-0.25, -0.2) is 0 Å². The molecule has 1 fully saturated rings. The van der Waals surface area contributed by atoms with Gasteiger partial charge in [-0.2, -0.15) is 0 Å². The van der Waals surface area contributed by atoms with E-state index in [1.165, 1.54) is 0 Å². The first kappa shape index (κ1) is 12.1. The lowest BCUT2D eigenvalue weighted by molar-refractivity contribution is -0.146. The lowest BCUT2D eigenvalue weighted by Gasteiger charge is -2.38. The van der Waals surface area contributed by atoms with Crippen molar-refractivity contribution in [3.63, 3.8) is 0 Å². The Labute approximate surface area is 102 Å². The van der Waals surface area contributed by atoms with E-state index in [4.69, 9.17) is 0 Å². The van der Waals surface area contributed by atoms with E-state index in [9.17, 15) is 9.90 Å². The molecule has 1 N–H and O–H groups in total. The van der Waals surface area contributed by atoms with Crippen molar-refractivity contribution in [3.8, 4) is 0 Å². The molecule has 1 aliphatic heterocycles. The van der Waals surface area contributed by atoms with Crippen molar-refractivity contribution in [2.75, 3.05) is 19.6 Å². The summed E-state index contributed by atoms with van der Waals surface area (Å²) in [5, 5.41) is 9.58. The van der Waals surface area contributed by atoms with Crippen LogP contribution in [0.3, 0.4) is 0 Å². The van der Waals surface area contributed by atoms with Gasteiger partial charge in [0, 0.05) is 0 Å². The molecule has 1 aromatic rings. The summed E-state index contributed by atoms with van der Waals surface area (Å²) in [6.07, 6.45) is 1.42. The van der Waals surface area contributed by atoms with Gasteiger partial charge in [0.15, 0.2) is 0 Å². The maximum Gasteiger partial charge on any atom is 0.314 e. The van der Waals surface area contributed by atoms with Gasteiger partial charge in [0.1, 0.15) is 0 Å². The lowest BCUT2D eigenvalue weighted by Crippen LogP contribution is -2.47. The Kier molecular flexibility index (Phi) is 3.48. The molecule has 0 aliphatic carbocycles. The van der Waals surface area contributed by atoms with Crippen LogP contribution in [0, 0.1) is 0 Å². The normalized spacial score (nSPS) is 20.1. The highest BCUT2D eigenvalue weighted by Gasteiger charge is 2.42. The molecular formula is C14H19NO2. The fourth-order valence-corrected chi connectivity index (χ4v) is 2.63. The minimum atomic E-state index is -0.681. The number of benzene rings is 1. The molecule has 0 aromatic heterocycles. The minimum absolute atomic E-state index is 0.674. The standard InChI is InChI=1S/C14H19NO2/c1-2-15-10-8-14(9-11-15,13(16)17)12-6-4-3-5-7-12/h3-7H,2,8-11H2,1H3,(H,16,17). The molecule has 2 rings (SSSR count). The van der Waals surface area contributed by atoms with Gasteiger partial charge in [-0.1, -0.05) is 37.3 Å². The number of carbonyl (C=O) groups is 1. The molecule has 0 amide bonds. The minimum Gasteiger partial charge on any atom is -0.481 e. The Morgan fingerprint density at radius 3 is 2.35 bits per heavy atom. The van der Waals surface area contributed by atoms with Crippen LogP contribution in [0.4, 0.5) is 0 Å². The van der Waals surface area contributed by atoms with Crippen LogP contribution < -0.4 is 0 Å². The lowest BCUT2D eigenvalue weighted by atomic mass is 9.73. The number of carboxylic acids is 1. The smallest absolute Gasteiger partial charge is 0.314 e. The Hall–Kier alpha value is -1.35. The zero-order chi connectivity index (χ0) is 12.3. The quantitative estimate of drug-likeness (QED) is 0.869. The molecular weight excluding hydrogens is 214 g/mol. The second-order valence-electron chi connectivity index (χ2n) is 4.69. The van der Waals surface area contributed by atoms with E-state index in [-0.39, 0.29) is 0 Å². The highest BCUT2D eigenvalue weighted by Crippen LogP contribution is 2.35. The number of piperidine rings is 1. The zero-order valence-electron chi connectivity index (χ0n) is 10.2. The van der Waals surface area contributed by atoms with Crippen LogP contribution in [0.15, 0.2) is 30.3 Å².